The van der Waals surface area contributed by atoms with E-state index in [0.29, 0.717) is 0 Å². The fraction of sp³-hybridized carbons (Fsp3) is 0.235. The first kappa shape index (κ1) is 20.4. The molecule has 0 spiro atoms. The first-order chi connectivity index (χ1) is 12.5. The number of hydrogen-bond acceptors (Lipinski definition) is 3. The maximum Gasteiger partial charge on any atom is 0.416 e. The van der Waals surface area contributed by atoms with Crippen molar-refractivity contribution in [1.29, 1.82) is 0 Å². The predicted octanol–water partition coefficient (Wildman–Crippen LogP) is 4.70. The summed E-state index contributed by atoms with van der Waals surface area (Å²) in [5.74, 6) is -0.905. The first-order valence-electron chi connectivity index (χ1n) is 7.54. The van der Waals surface area contributed by atoms with Crippen molar-refractivity contribution in [3.63, 3.8) is 0 Å². The fourth-order valence-electron chi connectivity index (χ4n) is 2.04. The van der Waals surface area contributed by atoms with Gasteiger partial charge in [-0.15, -0.1) is 0 Å². The van der Waals surface area contributed by atoms with E-state index >= 15 is 0 Å². The van der Waals surface area contributed by atoms with Crippen molar-refractivity contribution >= 4 is 17.3 Å². The van der Waals surface area contributed by atoms with Crippen LogP contribution in [0, 0.1) is 0 Å². The average molecular weight is 392 g/mol. The van der Waals surface area contributed by atoms with Crippen molar-refractivity contribution in [2.24, 2.45) is 0 Å². The molecule has 2 rings (SSSR count). The van der Waals surface area contributed by atoms with Gasteiger partial charge in [-0.1, -0.05) is 18.2 Å². The lowest BCUT2D eigenvalue weighted by Crippen LogP contribution is -2.24. The lowest BCUT2D eigenvalue weighted by atomic mass is 10.2. The number of halogens is 6. The van der Waals surface area contributed by atoms with Crippen molar-refractivity contribution in [3.8, 4) is 5.75 Å². The molecule has 0 aliphatic rings. The molecule has 2 N–H and O–H groups in total. The van der Waals surface area contributed by atoms with E-state index in [1.54, 1.807) is 0 Å². The SMILES string of the molecule is O=C(COc1cccc(C(F)(F)F)c1)Nc1ccccc1NCC(F)(F)F. The van der Waals surface area contributed by atoms with E-state index < -0.39 is 37.0 Å². The Hall–Kier alpha value is -2.91. The quantitative estimate of drug-likeness (QED) is 0.701. The number of alkyl halides is 6. The van der Waals surface area contributed by atoms with Gasteiger partial charge in [0, 0.05) is 0 Å². The van der Waals surface area contributed by atoms with E-state index in [2.05, 4.69) is 10.6 Å². The van der Waals surface area contributed by atoms with Crippen molar-refractivity contribution in [1.82, 2.24) is 0 Å². The second kappa shape index (κ2) is 8.19. The second-order valence-corrected chi connectivity index (χ2v) is 5.38. The number of nitrogens with one attached hydrogen (secondary N) is 2. The van der Waals surface area contributed by atoms with Gasteiger partial charge in [-0.25, -0.2) is 0 Å². The Morgan fingerprint density at radius 1 is 0.926 bits per heavy atom. The van der Waals surface area contributed by atoms with Crippen LogP contribution in [-0.2, 0) is 11.0 Å². The molecule has 2 aromatic rings. The Morgan fingerprint density at radius 3 is 2.22 bits per heavy atom. The molecule has 1 amide bonds. The van der Waals surface area contributed by atoms with Crippen LogP contribution in [0.3, 0.4) is 0 Å². The first-order valence-corrected chi connectivity index (χ1v) is 7.54. The van der Waals surface area contributed by atoms with E-state index in [0.717, 1.165) is 18.2 Å². The number of carbonyl (C=O) groups is 1. The van der Waals surface area contributed by atoms with Crippen molar-refractivity contribution < 1.29 is 35.9 Å². The molecule has 10 heteroatoms. The van der Waals surface area contributed by atoms with Crippen LogP contribution in [0.25, 0.3) is 0 Å². The van der Waals surface area contributed by atoms with Gasteiger partial charge in [-0.2, -0.15) is 26.3 Å². The van der Waals surface area contributed by atoms with E-state index in [9.17, 15) is 31.1 Å². The molecule has 0 saturated carbocycles. The number of carbonyl (C=O) groups excluding carboxylic acids is 1. The molecule has 0 heterocycles. The van der Waals surface area contributed by atoms with Gasteiger partial charge in [0.05, 0.1) is 16.9 Å². The van der Waals surface area contributed by atoms with Crippen LogP contribution in [-0.4, -0.2) is 25.2 Å². The molecule has 146 valence electrons. The topological polar surface area (TPSA) is 50.4 Å². The Bertz CT molecular complexity index is 789. The third kappa shape index (κ3) is 6.72. The van der Waals surface area contributed by atoms with Crippen molar-refractivity contribution in [2.75, 3.05) is 23.8 Å². The molecule has 0 fully saturated rings. The number of hydrogen-bond donors (Lipinski definition) is 2. The zero-order valence-corrected chi connectivity index (χ0v) is 13.6. The summed E-state index contributed by atoms with van der Waals surface area (Å²) in [5.41, 5.74) is -0.802. The maximum absolute atomic E-state index is 12.6. The monoisotopic (exact) mass is 392 g/mol. The summed E-state index contributed by atoms with van der Waals surface area (Å²) in [6.07, 6.45) is -8.99. The highest BCUT2D eigenvalue weighted by Gasteiger charge is 2.30. The van der Waals surface area contributed by atoms with E-state index in [4.69, 9.17) is 4.74 Å². The highest BCUT2D eigenvalue weighted by molar-refractivity contribution is 5.95. The largest absolute Gasteiger partial charge is 0.484 e. The zero-order valence-electron chi connectivity index (χ0n) is 13.6. The molecule has 27 heavy (non-hydrogen) atoms. The molecule has 0 bridgehead atoms. The van der Waals surface area contributed by atoms with Crippen molar-refractivity contribution in [3.05, 3.63) is 54.1 Å². The number of para-hydroxylation sites is 2. The lowest BCUT2D eigenvalue weighted by Gasteiger charge is -2.15. The molecular weight excluding hydrogens is 378 g/mol. The van der Waals surface area contributed by atoms with Gasteiger partial charge in [0.2, 0.25) is 0 Å². The molecule has 0 unspecified atom stereocenters. The average Bonchev–Trinajstić information content (AvgIpc) is 2.58. The lowest BCUT2D eigenvalue weighted by molar-refractivity contribution is -0.137. The number of rotatable bonds is 6. The molecule has 2 aromatic carbocycles. The van der Waals surface area contributed by atoms with Gasteiger partial charge >= 0.3 is 12.4 Å². The molecule has 0 aromatic heterocycles. The van der Waals surface area contributed by atoms with Crippen LogP contribution >= 0.6 is 0 Å². The summed E-state index contributed by atoms with van der Waals surface area (Å²) in [6, 6.07) is 9.68. The number of anilines is 2. The van der Waals surface area contributed by atoms with Gasteiger partial charge in [0.25, 0.3) is 5.91 Å². The van der Waals surface area contributed by atoms with Gasteiger partial charge in [-0.3, -0.25) is 4.79 Å². The zero-order chi connectivity index (χ0) is 20.1. The van der Waals surface area contributed by atoms with Gasteiger partial charge in [0.15, 0.2) is 6.61 Å². The standard InChI is InChI=1S/C17H14F6N2O2/c18-16(19,20)10-24-13-6-1-2-7-14(13)25-15(26)9-27-12-5-3-4-11(8-12)17(21,22)23/h1-8,24H,9-10H2,(H,25,26). The minimum absolute atomic E-state index is 0.0437. The molecule has 0 aliphatic heterocycles. The van der Waals surface area contributed by atoms with Gasteiger partial charge in [-0.05, 0) is 30.3 Å². The second-order valence-electron chi connectivity index (χ2n) is 5.38. The highest BCUT2D eigenvalue weighted by Crippen LogP contribution is 2.31. The normalized spacial score (nSPS) is 11.8. The summed E-state index contributed by atoms with van der Waals surface area (Å²) in [5, 5.41) is 4.50. The third-order valence-electron chi connectivity index (χ3n) is 3.21. The summed E-state index contributed by atoms with van der Waals surface area (Å²) in [7, 11) is 0. The molecule has 0 radical (unpaired) electrons. The van der Waals surface area contributed by atoms with Crippen LogP contribution < -0.4 is 15.4 Å². The minimum Gasteiger partial charge on any atom is -0.484 e. The Kier molecular flexibility index (Phi) is 6.19. The summed E-state index contributed by atoms with van der Waals surface area (Å²) in [4.78, 5) is 11.9. The smallest absolute Gasteiger partial charge is 0.416 e. The van der Waals surface area contributed by atoms with E-state index in [-0.39, 0.29) is 17.1 Å². The van der Waals surface area contributed by atoms with Gasteiger partial charge < -0.3 is 15.4 Å². The Morgan fingerprint density at radius 2 is 1.59 bits per heavy atom. The van der Waals surface area contributed by atoms with Crippen LogP contribution in [0.1, 0.15) is 5.56 Å². The fourth-order valence-corrected chi connectivity index (χ4v) is 2.04. The number of benzene rings is 2. The molecular formula is C17H14F6N2O2. The van der Waals surface area contributed by atoms with E-state index in [1.807, 2.05) is 0 Å². The number of ether oxygens (including phenoxy) is 1. The van der Waals surface area contributed by atoms with Gasteiger partial charge in [0.1, 0.15) is 12.3 Å². The molecule has 0 saturated heterocycles. The summed E-state index contributed by atoms with van der Waals surface area (Å²) < 4.78 is 79.8. The van der Waals surface area contributed by atoms with E-state index in [1.165, 1.54) is 30.3 Å². The molecule has 0 atom stereocenters. The minimum atomic E-state index is -4.55. The van der Waals surface area contributed by atoms with Crippen molar-refractivity contribution in [2.45, 2.75) is 12.4 Å². The highest BCUT2D eigenvalue weighted by atomic mass is 19.4. The van der Waals surface area contributed by atoms with Crippen LogP contribution in [0.4, 0.5) is 37.7 Å². The number of amides is 1. The third-order valence-corrected chi connectivity index (χ3v) is 3.21. The predicted molar refractivity (Wildman–Crippen MR) is 86.6 cm³/mol. The molecule has 0 aliphatic carbocycles. The Balaban J connectivity index is 1.97. The summed E-state index contributed by atoms with van der Waals surface area (Å²) in [6.45, 7) is -1.91. The van der Waals surface area contributed by atoms with Crippen LogP contribution in [0.2, 0.25) is 0 Å². The van der Waals surface area contributed by atoms with Crippen LogP contribution in [0.5, 0.6) is 5.75 Å². The summed E-state index contributed by atoms with van der Waals surface area (Å²) >= 11 is 0. The Labute approximate surface area is 150 Å². The molecule has 4 nitrogen and oxygen atoms in total. The van der Waals surface area contributed by atoms with Crippen LogP contribution in [0.15, 0.2) is 48.5 Å². The maximum atomic E-state index is 12.6.